The number of anilines is 2. The molecule has 1 aromatic carbocycles. The van der Waals surface area contributed by atoms with Crippen LogP contribution in [-0.2, 0) is 15.8 Å². The number of benzene rings is 1. The van der Waals surface area contributed by atoms with E-state index >= 15 is 0 Å². The lowest BCUT2D eigenvalue weighted by Crippen LogP contribution is -2.48. The molecule has 0 radical (unpaired) electrons. The van der Waals surface area contributed by atoms with Crippen molar-refractivity contribution in [2.75, 3.05) is 18.1 Å². The van der Waals surface area contributed by atoms with Crippen molar-refractivity contribution in [1.82, 2.24) is 4.90 Å². The van der Waals surface area contributed by atoms with E-state index in [-0.39, 0.29) is 30.1 Å². The largest absolute Gasteiger partial charge is 0.418 e. The van der Waals surface area contributed by atoms with Crippen molar-refractivity contribution in [3.8, 4) is 0 Å². The zero-order valence-corrected chi connectivity index (χ0v) is 11.2. The lowest BCUT2D eigenvalue weighted by Gasteiger charge is -2.29. The van der Waals surface area contributed by atoms with Crippen LogP contribution in [0.4, 0.5) is 24.5 Å². The van der Waals surface area contributed by atoms with Crippen molar-refractivity contribution in [2.24, 2.45) is 0 Å². The second-order valence-electron chi connectivity index (χ2n) is 4.83. The molecule has 2 amide bonds. The highest BCUT2D eigenvalue weighted by molar-refractivity contribution is 6.01. The van der Waals surface area contributed by atoms with Gasteiger partial charge in [-0.2, -0.15) is 13.2 Å². The number of nitrogens with two attached hydrogens (primary N) is 1. The van der Waals surface area contributed by atoms with Crippen LogP contribution in [-0.4, -0.2) is 29.8 Å². The predicted octanol–water partition coefficient (Wildman–Crippen LogP) is 1.85. The first-order valence-corrected chi connectivity index (χ1v) is 6.24. The Morgan fingerprint density at radius 3 is 2.62 bits per heavy atom. The number of rotatable bonds is 2. The van der Waals surface area contributed by atoms with Crippen LogP contribution in [0, 0.1) is 0 Å². The number of nitrogen functional groups attached to an aromatic ring is 1. The predicted molar refractivity (Wildman–Crippen MR) is 70.3 cm³/mol. The van der Waals surface area contributed by atoms with Gasteiger partial charge in [0.15, 0.2) is 0 Å². The number of hydrogen-bond acceptors (Lipinski definition) is 4. The average molecular weight is 301 g/mol. The lowest BCUT2D eigenvalue weighted by atomic mass is 10.0. The molecule has 0 bridgehead atoms. The molecule has 1 saturated heterocycles. The molecule has 114 valence electrons. The van der Waals surface area contributed by atoms with E-state index in [4.69, 9.17) is 5.73 Å². The fourth-order valence-electron chi connectivity index (χ4n) is 2.14. The highest BCUT2D eigenvalue weighted by Gasteiger charge is 2.34. The molecule has 1 atom stereocenters. The molecule has 1 aromatic rings. The molecule has 1 heterocycles. The maximum Gasteiger partial charge on any atom is 0.418 e. The number of nitrogens with zero attached hydrogens (tertiary/aromatic N) is 1. The molecule has 21 heavy (non-hydrogen) atoms. The SMILES string of the molecule is CN1C(=O)CCC(Nc2ccc(N)c(C(F)(F)F)c2)C1=O. The number of amides is 2. The molecular weight excluding hydrogens is 287 g/mol. The summed E-state index contributed by atoms with van der Waals surface area (Å²) in [6.45, 7) is 0. The van der Waals surface area contributed by atoms with Crippen molar-refractivity contribution >= 4 is 23.2 Å². The zero-order valence-electron chi connectivity index (χ0n) is 11.2. The van der Waals surface area contributed by atoms with Crippen LogP contribution in [0.15, 0.2) is 18.2 Å². The summed E-state index contributed by atoms with van der Waals surface area (Å²) in [6.07, 6.45) is -4.15. The normalized spacial score (nSPS) is 19.8. The Balaban J connectivity index is 2.21. The number of likely N-dealkylation sites (tertiary alicyclic amines) is 1. The summed E-state index contributed by atoms with van der Waals surface area (Å²) in [5, 5.41) is 2.72. The summed E-state index contributed by atoms with van der Waals surface area (Å²) in [5.41, 5.74) is 4.11. The third-order valence-electron chi connectivity index (χ3n) is 3.35. The van der Waals surface area contributed by atoms with Gasteiger partial charge in [-0.25, -0.2) is 0 Å². The number of alkyl halides is 3. The van der Waals surface area contributed by atoms with Gasteiger partial charge in [-0.3, -0.25) is 14.5 Å². The van der Waals surface area contributed by atoms with Gasteiger partial charge in [0, 0.05) is 24.8 Å². The van der Waals surface area contributed by atoms with Crippen molar-refractivity contribution in [1.29, 1.82) is 0 Å². The Hall–Kier alpha value is -2.25. The summed E-state index contributed by atoms with van der Waals surface area (Å²) in [7, 11) is 1.35. The van der Waals surface area contributed by atoms with Crippen LogP contribution in [0.3, 0.4) is 0 Å². The number of carbonyl (C=O) groups excluding carboxylic acids is 2. The molecular formula is C13H14F3N3O2. The highest BCUT2D eigenvalue weighted by atomic mass is 19.4. The van der Waals surface area contributed by atoms with Gasteiger partial charge in [0.2, 0.25) is 5.91 Å². The van der Waals surface area contributed by atoms with Crippen LogP contribution < -0.4 is 11.1 Å². The molecule has 0 saturated carbocycles. The van der Waals surface area contributed by atoms with Gasteiger partial charge in [0.05, 0.1) is 5.56 Å². The Labute approximate surface area is 118 Å². The van der Waals surface area contributed by atoms with Gasteiger partial charge in [-0.05, 0) is 24.6 Å². The monoisotopic (exact) mass is 301 g/mol. The Kier molecular flexibility index (Phi) is 3.80. The minimum Gasteiger partial charge on any atom is -0.398 e. The molecule has 1 fully saturated rings. The van der Waals surface area contributed by atoms with Gasteiger partial charge < -0.3 is 11.1 Å². The Bertz CT molecular complexity index is 587. The number of carbonyl (C=O) groups is 2. The van der Waals surface area contributed by atoms with E-state index in [1.54, 1.807) is 0 Å². The highest BCUT2D eigenvalue weighted by Crippen LogP contribution is 2.35. The number of nitrogens with one attached hydrogen (secondary N) is 1. The standard InChI is InChI=1S/C13H14F3N3O2/c1-19-11(20)5-4-10(12(19)21)18-7-2-3-9(17)8(6-7)13(14,15)16/h2-3,6,10,18H,4-5,17H2,1H3. The molecule has 0 spiro atoms. The van der Waals surface area contributed by atoms with E-state index in [0.29, 0.717) is 0 Å². The van der Waals surface area contributed by atoms with Crippen LogP contribution in [0.25, 0.3) is 0 Å². The smallest absolute Gasteiger partial charge is 0.398 e. The van der Waals surface area contributed by atoms with Crippen LogP contribution >= 0.6 is 0 Å². The van der Waals surface area contributed by atoms with Crippen LogP contribution in [0.2, 0.25) is 0 Å². The van der Waals surface area contributed by atoms with Gasteiger partial charge >= 0.3 is 6.18 Å². The van der Waals surface area contributed by atoms with Gasteiger partial charge in [0.25, 0.3) is 5.91 Å². The van der Waals surface area contributed by atoms with E-state index < -0.39 is 23.7 Å². The third-order valence-corrected chi connectivity index (χ3v) is 3.35. The van der Waals surface area contributed by atoms with Crippen LogP contribution in [0.1, 0.15) is 18.4 Å². The summed E-state index contributed by atoms with van der Waals surface area (Å²) in [4.78, 5) is 24.2. The molecule has 3 N–H and O–H groups in total. The minimum absolute atomic E-state index is 0.137. The molecule has 0 aliphatic carbocycles. The summed E-state index contributed by atoms with van der Waals surface area (Å²) < 4.78 is 38.3. The summed E-state index contributed by atoms with van der Waals surface area (Å²) in [5.74, 6) is -0.761. The first kappa shape index (κ1) is 15.1. The van der Waals surface area contributed by atoms with Gasteiger partial charge in [-0.1, -0.05) is 0 Å². The van der Waals surface area contributed by atoms with Gasteiger partial charge in [0.1, 0.15) is 6.04 Å². The van der Waals surface area contributed by atoms with E-state index in [1.807, 2.05) is 0 Å². The average Bonchev–Trinajstić information content (AvgIpc) is 2.40. The molecule has 5 nitrogen and oxygen atoms in total. The summed E-state index contributed by atoms with van der Waals surface area (Å²) in [6, 6.07) is 2.64. The molecule has 8 heteroatoms. The van der Waals surface area contributed by atoms with Gasteiger partial charge in [-0.15, -0.1) is 0 Å². The van der Waals surface area contributed by atoms with Crippen molar-refractivity contribution in [2.45, 2.75) is 25.1 Å². The first-order valence-electron chi connectivity index (χ1n) is 6.24. The fraction of sp³-hybridized carbons (Fsp3) is 0.385. The topological polar surface area (TPSA) is 75.4 Å². The lowest BCUT2D eigenvalue weighted by molar-refractivity contribution is -0.146. The number of piperidine rings is 1. The fourth-order valence-corrected chi connectivity index (χ4v) is 2.14. The number of hydrogen-bond donors (Lipinski definition) is 2. The summed E-state index contributed by atoms with van der Waals surface area (Å²) >= 11 is 0. The quantitative estimate of drug-likeness (QED) is 0.645. The second-order valence-corrected chi connectivity index (χ2v) is 4.83. The van der Waals surface area contributed by atoms with Crippen molar-refractivity contribution in [3.05, 3.63) is 23.8 Å². The molecule has 2 rings (SSSR count). The van der Waals surface area contributed by atoms with Crippen molar-refractivity contribution in [3.63, 3.8) is 0 Å². The van der Waals surface area contributed by atoms with E-state index in [1.165, 1.54) is 13.1 Å². The molecule has 1 aliphatic rings. The van der Waals surface area contributed by atoms with Crippen LogP contribution in [0.5, 0.6) is 0 Å². The minimum atomic E-state index is -4.56. The van der Waals surface area contributed by atoms with Crippen molar-refractivity contribution < 1.29 is 22.8 Å². The van der Waals surface area contributed by atoms with E-state index in [2.05, 4.69) is 5.32 Å². The molecule has 1 aliphatic heterocycles. The Morgan fingerprint density at radius 2 is 2.00 bits per heavy atom. The van der Waals surface area contributed by atoms with E-state index in [0.717, 1.165) is 17.0 Å². The number of likely N-dealkylation sites (N-methyl/N-ethyl adjacent to an activating group) is 1. The first-order chi connectivity index (χ1) is 9.70. The Morgan fingerprint density at radius 1 is 1.33 bits per heavy atom. The second kappa shape index (κ2) is 5.27. The molecule has 1 unspecified atom stereocenters. The number of halogens is 3. The zero-order chi connectivity index (χ0) is 15.8. The third kappa shape index (κ3) is 3.09. The maximum absolute atomic E-state index is 12.8. The number of imide groups is 1. The molecule has 0 aromatic heterocycles. The maximum atomic E-state index is 12.8. The van der Waals surface area contributed by atoms with E-state index in [9.17, 15) is 22.8 Å².